The number of nitrogens with one attached hydrogen (secondary N) is 1. The minimum atomic E-state index is -0.373. The lowest BCUT2D eigenvalue weighted by Gasteiger charge is -2.28. The predicted octanol–water partition coefficient (Wildman–Crippen LogP) is 0.997. The van der Waals surface area contributed by atoms with E-state index in [2.05, 4.69) is 12.2 Å². The average molecular weight is 196 g/mol. The van der Waals surface area contributed by atoms with Crippen molar-refractivity contribution in [2.75, 3.05) is 19.6 Å². The van der Waals surface area contributed by atoms with Crippen LogP contribution in [0.15, 0.2) is 0 Å². The molecule has 80 valence electrons. The van der Waals surface area contributed by atoms with Crippen LogP contribution in [0.5, 0.6) is 0 Å². The van der Waals surface area contributed by atoms with Crippen LogP contribution in [0.3, 0.4) is 0 Å². The second kappa shape index (κ2) is 2.96. The smallest absolute Gasteiger partial charge is 0.242 e. The fourth-order valence-corrected chi connectivity index (χ4v) is 2.18. The summed E-state index contributed by atoms with van der Waals surface area (Å²) in [5, 5.41) is 3.40. The average Bonchev–Trinajstić information content (AvgIpc) is 2.91. The number of hydrogen-bond donors (Lipinski definition) is 1. The van der Waals surface area contributed by atoms with E-state index in [1.807, 2.05) is 18.7 Å². The van der Waals surface area contributed by atoms with Crippen molar-refractivity contribution in [1.29, 1.82) is 0 Å². The summed E-state index contributed by atoms with van der Waals surface area (Å²) in [4.78, 5) is 14.1. The Balaban J connectivity index is 2.19. The van der Waals surface area contributed by atoms with Crippen LogP contribution in [-0.4, -0.2) is 36.0 Å². The second-order valence-electron chi connectivity index (χ2n) is 5.30. The van der Waals surface area contributed by atoms with Gasteiger partial charge in [-0.3, -0.25) is 4.79 Å². The molecule has 2 rings (SSSR count). The Kier molecular flexibility index (Phi) is 2.11. The quantitative estimate of drug-likeness (QED) is 0.678. The number of carbonyl (C=O) groups excluding carboxylic acids is 1. The van der Waals surface area contributed by atoms with Crippen molar-refractivity contribution in [3.63, 3.8) is 0 Å². The van der Waals surface area contributed by atoms with E-state index in [0.29, 0.717) is 5.41 Å². The molecule has 0 aromatic rings. The Morgan fingerprint density at radius 1 is 1.43 bits per heavy atom. The summed E-state index contributed by atoms with van der Waals surface area (Å²) in [6.07, 6.45) is 2.56. The first-order valence-corrected chi connectivity index (χ1v) is 5.54. The summed E-state index contributed by atoms with van der Waals surface area (Å²) in [5.41, 5.74) is 0.0432. The molecule has 1 N–H and O–H groups in total. The summed E-state index contributed by atoms with van der Waals surface area (Å²) in [6, 6.07) is 0. The van der Waals surface area contributed by atoms with Crippen LogP contribution < -0.4 is 5.32 Å². The highest BCUT2D eigenvalue weighted by atomic mass is 16.2. The van der Waals surface area contributed by atoms with E-state index >= 15 is 0 Å². The zero-order chi connectivity index (χ0) is 10.4. The Morgan fingerprint density at radius 3 is 2.57 bits per heavy atom. The lowest BCUT2D eigenvalue weighted by molar-refractivity contribution is -0.136. The number of nitrogens with zero attached hydrogens (tertiary/aromatic N) is 1. The van der Waals surface area contributed by atoms with Gasteiger partial charge in [-0.05, 0) is 33.6 Å². The summed E-state index contributed by atoms with van der Waals surface area (Å²) < 4.78 is 0. The van der Waals surface area contributed by atoms with Crippen molar-refractivity contribution in [2.45, 2.75) is 39.2 Å². The molecule has 0 aromatic heterocycles. The topological polar surface area (TPSA) is 32.3 Å². The predicted molar refractivity (Wildman–Crippen MR) is 56.0 cm³/mol. The maximum Gasteiger partial charge on any atom is 0.242 e. The van der Waals surface area contributed by atoms with Crippen molar-refractivity contribution in [1.82, 2.24) is 10.2 Å². The van der Waals surface area contributed by atoms with Gasteiger partial charge < -0.3 is 10.2 Å². The Morgan fingerprint density at radius 2 is 2.07 bits per heavy atom. The molecule has 0 atom stereocenters. The van der Waals surface area contributed by atoms with Crippen LogP contribution in [0.4, 0.5) is 0 Å². The van der Waals surface area contributed by atoms with Crippen LogP contribution in [-0.2, 0) is 4.79 Å². The highest BCUT2D eigenvalue weighted by molar-refractivity contribution is 5.85. The molecule has 3 nitrogen and oxygen atoms in total. The summed E-state index contributed by atoms with van der Waals surface area (Å²) >= 11 is 0. The molecular formula is C11H20N2O. The minimum absolute atomic E-state index is 0.253. The van der Waals surface area contributed by atoms with Gasteiger partial charge >= 0.3 is 0 Å². The zero-order valence-electron chi connectivity index (χ0n) is 9.39. The highest BCUT2D eigenvalue weighted by Gasteiger charge is 2.49. The third kappa shape index (κ3) is 1.54. The van der Waals surface area contributed by atoms with Crippen LogP contribution >= 0.6 is 0 Å². The van der Waals surface area contributed by atoms with Gasteiger partial charge in [0.2, 0.25) is 5.91 Å². The van der Waals surface area contributed by atoms with Crippen LogP contribution in [0, 0.1) is 5.41 Å². The van der Waals surface area contributed by atoms with E-state index in [0.717, 1.165) is 19.6 Å². The maximum atomic E-state index is 12.1. The minimum Gasteiger partial charge on any atom is -0.341 e. The first-order chi connectivity index (χ1) is 6.49. The standard InChI is InChI=1S/C11H20N2O/c1-4-13-8-11(5-6-11)7-12-10(2,3)9(13)14/h12H,4-8H2,1-3H3. The van der Waals surface area contributed by atoms with Crippen LogP contribution in [0.1, 0.15) is 33.6 Å². The molecular weight excluding hydrogens is 176 g/mol. The van der Waals surface area contributed by atoms with E-state index in [4.69, 9.17) is 0 Å². The zero-order valence-corrected chi connectivity index (χ0v) is 9.39. The van der Waals surface area contributed by atoms with E-state index in [1.54, 1.807) is 0 Å². The normalized spacial score (nSPS) is 29.1. The van der Waals surface area contributed by atoms with Crippen LogP contribution in [0.2, 0.25) is 0 Å². The molecule has 1 aliphatic heterocycles. The van der Waals surface area contributed by atoms with Gasteiger partial charge in [0.25, 0.3) is 0 Å². The lowest BCUT2D eigenvalue weighted by atomic mass is 10.0. The monoisotopic (exact) mass is 196 g/mol. The van der Waals surface area contributed by atoms with Crippen molar-refractivity contribution < 1.29 is 4.79 Å². The molecule has 1 heterocycles. The third-order valence-corrected chi connectivity index (χ3v) is 3.59. The molecule has 1 aliphatic carbocycles. The van der Waals surface area contributed by atoms with Gasteiger partial charge in [0.05, 0.1) is 5.54 Å². The highest BCUT2D eigenvalue weighted by Crippen LogP contribution is 2.47. The number of rotatable bonds is 1. The van der Waals surface area contributed by atoms with Gasteiger partial charge in [-0.25, -0.2) is 0 Å². The fourth-order valence-electron chi connectivity index (χ4n) is 2.18. The molecule has 0 unspecified atom stereocenters. The summed E-state index contributed by atoms with van der Waals surface area (Å²) in [7, 11) is 0. The van der Waals surface area contributed by atoms with E-state index in [9.17, 15) is 4.79 Å². The van der Waals surface area contributed by atoms with Gasteiger partial charge in [0, 0.05) is 25.0 Å². The van der Waals surface area contributed by atoms with Crippen molar-refractivity contribution in [3.8, 4) is 0 Å². The number of amides is 1. The fraction of sp³-hybridized carbons (Fsp3) is 0.909. The van der Waals surface area contributed by atoms with Gasteiger partial charge in [-0.1, -0.05) is 0 Å². The number of carbonyl (C=O) groups is 1. The Bertz CT molecular complexity index is 256. The van der Waals surface area contributed by atoms with Crippen molar-refractivity contribution >= 4 is 5.91 Å². The van der Waals surface area contributed by atoms with E-state index in [1.165, 1.54) is 12.8 Å². The number of hydrogen-bond acceptors (Lipinski definition) is 2. The SMILES string of the molecule is CCN1CC2(CC2)CNC(C)(C)C1=O. The van der Waals surface area contributed by atoms with Gasteiger partial charge in [-0.15, -0.1) is 0 Å². The molecule has 1 saturated carbocycles. The first-order valence-electron chi connectivity index (χ1n) is 5.54. The van der Waals surface area contributed by atoms with Crippen molar-refractivity contribution in [3.05, 3.63) is 0 Å². The largest absolute Gasteiger partial charge is 0.341 e. The van der Waals surface area contributed by atoms with Gasteiger partial charge in [0.15, 0.2) is 0 Å². The molecule has 2 fully saturated rings. The van der Waals surface area contributed by atoms with Crippen LogP contribution in [0.25, 0.3) is 0 Å². The summed E-state index contributed by atoms with van der Waals surface area (Å²) in [6.45, 7) is 8.83. The van der Waals surface area contributed by atoms with Gasteiger partial charge in [-0.2, -0.15) is 0 Å². The molecule has 1 saturated heterocycles. The lowest BCUT2D eigenvalue weighted by Crippen LogP contribution is -2.51. The Hall–Kier alpha value is -0.570. The first kappa shape index (κ1) is 9.97. The van der Waals surface area contributed by atoms with E-state index in [-0.39, 0.29) is 11.4 Å². The second-order valence-corrected chi connectivity index (χ2v) is 5.30. The molecule has 14 heavy (non-hydrogen) atoms. The molecule has 0 radical (unpaired) electrons. The maximum absolute atomic E-state index is 12.1. The number of likely N-dealkylation sites (N-methyl/N-ethyl adjacent to an activating group) is 1. The van der Waals surface area contributed by atoms with E-state index < -0.39 is 0 Å². The summed E-state index contributed by atoms with van der Waals surface area (Å²) in [5.74, 6) is 0.253. The molecule has 0 bridgehead atoms. The molecule has 2 aliphatic rings. The Labute approximate surface area is 85.8 Å². The molecule has 1 amide bonds. The van der Waals surface area contributed by atoms with Crippen molar-refractivity contribution in [2.24, 2.45) is 5.41 Å². The molecule has 3 heteroatoms. The molecule has 1 spiro atoms. The van der Waals surface area contributed by atoms with Gasteiger partial charge in [0.1, 0.15) is 0 Å². The third-order valence-electron chi connectivity index (χ3n) is 3.59. The molecule has 0 aromatic carbocycles.